The molecule has 2 nitrogen and oxygen atoms in total. The third-order valence-electron chi connectivity index (χ3n) is 1.44. The highest BCUT2D eigenvalue weighted by molar-refractivity contribution is 6.68. The molecule has 1 heterocycles. The zero-order chi connectivity index (χ0) is 10.9. The average Bonchev–Trinajstić information content (AvgIpc) is 2.08. The molecule has 0 bridgehead atoms. The molecule has 0 aliphatic heterocycles. The zero-order valence-electron chi connectivity index (χ0n) is 6.40. The van der Waals surface area contributed by atoms with Crippen molar-refractivity contribution in [2.75, 3.05) is 0 Å². The van der Waals surface area contributed by atoms with Gasteiger partial charge in [0, 0.05) is 6.20 Å². The summed E-state index contributed by atoms with van der Waals surface area (Å²) in [6.45, 7) is 0. The molecule has 76 valence electrons. The molecule has 14 heavy (non-hydrogen) atoms. The van der Waals surface area contributed by atoms with Crippen LogP contribution in [0.1, 0.15) is 22.3 Å². The lowest BCUT2D eigenvalue weighted by Gasteiger charge is -2.07. The Kier molecular flexibility index (Phi) is 3.64. The fourth-order valence-corrected chi connectivity index (χ4v) is 1.38. The fraction of sp³-hybridized carbons (Fsp3) is 0.143. The minimum atomic E-state index is -2.93. The standard InChI is InChI=1S/C7H2Cl3F2NO/c8-4-3(7(11)12)2(6(10)14)1-13-5(4)9/h1,7H. The van der Waals surface area contributed by atoms with Crippen molar-refractivity contribution in [2.45, 2.75) is 6.43 Å². The summed E-state index contributed by atoms with van der Waals surface area (Å²) in [5.41, 5.74) is -1.12. The third-order valence-corrected chi connectivity index (χ3v) is 2.41. The van der Waals surface area contributed by atoms with Crippen molar-refractivity contribution >= 4 is 40.0 Å². The van der Waals surface area contributed by atoms with Gasteiger partial charge in [-0.1, -0.05) is 23.2 Å². The molecule has 7 heteroatoms. The lowest BCUT2D eigenvalue weighted by atomic mass is 10.1. The van der Waals surface area contributed by atoms with E-state index in [-0.39, 0.29) is 5.15 Å². The molecule has 0 spiro atoms. The first kappa shape index (κ1) is 11.6. The van der Waals surface area contributed by atoms with Crippen LogP contribution in [0, 0.1) is 0 Å². The number of nitrogens with zero attached hydrogens (tertiary/aromatic N) is 1. The highest BCUT2D eigenvalue weighted by Gasteiger charge is 2.23. The van der Waals surface area contributed by atoms with Gasteiger partial charge in [-0.15, -0.1) is 0 Å². The van der Waals surface area contributed by atoms with Crippen LogP contribution >= 0.6 is 34.8 Å². The zero-order valence-corrected chi connectivity index (χ0v) is 8.67. The predicted molar refractivity (Wildman–Crippen MR) is 49.4 cm³/mol. The van der Waals surface area contributed by atoms with E-state index in [9.17, 15) is 13.6 Å². The van der Waals surface area contributed by atoms with Crippen LogP contribution in [0.5, 0.6) is 0 Å². The van der Waals surface area contributed by atoms with Gasteiger partial charge in [0.15, 0.2) is 0 Å². The Labute approximate surface area is 92.8 Å². The van der Waals surface area contributed by atoms with Crippen LogP contribution in [0.3, 0.4) is 0 Å². The lowest BCUT2D eigenvalue weighted by Crippen LogP contribution is -2.01. The van der Waals surface area contributed by atoms with E-state index in [0.29, 0.717) is 0 Å². The summed E-state index contributed by atoms with van der Waals surface area (Å²) in [5, 5.41) is -1.79. The number of pyridine rings is 1. The molecule has 0 N–H and O–H groups in total. The van der Waals surface area contributed by atoms with Gasteiger partial charge in [-0.3, -0.25) is 4.79 Å². The molecule has 1 rings (SSSR count). The molecule has 0 unspecified atom stereocenters. The third kappa shape index (κ3) is 2.13. The summed E-state index contributed by atoms with van der Waals surface area (Å²) >= 11 is 15.9. The Morgan fingerprint density at radius 1 is 1.43 bits per heavy atom. The Balaban J connectivity index is 3.45. The number of halogens is 5. The van der Waals surface area contributed by atoms with E-state index in [1.54, 1.807) is 0 Å². The van der Waals surface area contributed by atoms with Crippen LogP contribution in [-0.2, 0) is 0 Å². The van der Waals surface area contributed by atoms with Gasteiger partial charge in [0.25, 0.3) is 11.7 Å². The predicted octanol–water partition coefficient (Wildman–Crippen LogP) is 3.71. The van der Waals surface area contributed by atoms with Crippen molar-refractivity contribution in [3.63, 3.8) is 0 Å². The van der Waals surface area contributed by atoms with Gasteiger partial charge in [-0.05, 0) is 11.6 Å². The number of rotatable bonds is 2. The van der Waals surface area contributed by atoms with Crippen LogP contribution in [0.2, 0.25) is 10.2 Å². The van der Waals surface area contributed by atoms with Gasteiger partial charge >= 0.3 is 0 Å². The van der Waals surface area contributed by atoms with E-state index >= 15 is 0 Å². The summed E-state index contributed by atoms with van der Waals surface area (Å²) in [6.07, 6.45) is -2.06. The molecule has 0 radical (unpaired) electrons. The first-order valence-electron chi connectivity index (χ1n) is 3.27. The van der Waals surface area contributed by atoms with Gasteiger partial charge in [0.2, 0.25) is 0 Å². The number of hydrogen-bond donors (Lipinski definition) is 0. The van der Waals surface area contributed by atoms with Gasteiger partial charge in [-0.2, -0.15) is 0 Å². The van der Waals surface area contributed by atoms with Crippen molar-refractivity contribution in [2.24, 2.45) is 0 Å². The first-order chi connectivity index (χ1) is 6.45. The van der Waals surface area contributed by atoms with Gasteiger partial charge in [0.05, 0.1) is 16.1 Å². The number of carbonyl (C=O) groups is 1. The van der Waals surface area contributed by atoms with Crippen molar-refractivity contribution < 1.29 is 13.6 Å². The van der Waals surface area contributed by atoms with Crippen molar-refractivity contribution in [3.8, 4) is 0 Å². The second kappa shape index (κ2) is 4.38. The summed E-state index contributed by atoms with van der Waals surface area (Å²) in [7, 11) is 0. The van der Waals surface area contributed by atoms with Crippen LogP contribution < -0.4 is 0 Å². The van der Waals surface area contributed by atoms with E-state index in [0.717, 1.165) is 6.20 Å². The maximum atomic E-state index is 12.4. The van der Waals surface area contributed by atoms with Gasteiger partial charge < -0.3 is 0 Å². The Bertz CT molecular complexity index is 383. The molecular weight excluding hydrogens is 258 g/mol. The summed E-state index contributed by atoms with van der Waals surface area (Å²) < 4.78 is 24.9. The quantitative estimate of drug-likeness (QED) is 0.599. The topological polar surface area (TPSA) is 30.0 Å². The van der Waals surface area contributed by atoms with Gasteiger partial charge in [-0.25, -0.2) is 13.8 Å². The maximum absolute atomic E-state index is 12.4. The van der Waals surface area contributed by atoms with Crippen molar-refractivity contribution in [1.29, 1.82) is 0 Å². The molecule has 0 saturated carbocycles. The maximum Gasteiger partial charge on any atom is 0.266 e. The summed E-state index contributed by atoms with van der Waals surface area (Å²) in [5.74, 6) is 0. The highest BCUT2D eigenvalue weighted by atomic mass is 35.5. The second-order valence-electron chi connectivity index (χ2n) is 2.26. The van der Waals surface area contributed by atoms with Crippen molar-refractivity contribution in [3.05, 3.63) is 27.5 Å². The normalized spacial score (nSPS) is 10.7. The fourth-order valence-electron chi connectivity index (χ4n) is 0.847. The van der Waals surface area contributed by atoms with E-state index in [1.165, 1.54) is 0 Å². The number of aromatic nitrogens is 1. The van der Waals surface area contributed by atoms with Crippen LogP contribution in [0.25, 0.3) is 0 Å². The molecule has 1 aromatic heterocycles. The molecule has 0 aromatic carbocycles. The average molecular weight is 260 g/mol. The minimum absolute atomic E-state index is 0.288. The molecule has 0 fully saturated rings. The van der Waals surface area contributed by atoms with E-state index in [2.05, 4.69) is 4.98 Å². The summed E-state index contributed by atoms with van der Waals surface area (Å²) in [4.78, 5) is 14.2. The van der Waals surface area contributed by atoms with E-state index in [1.807, 2.05) is 0 Å². The minimum Gasteiger partial charge on any atom is -0.276 e. The van der Waals surface area contributed by atoms with Gasteiger partial charge in [0.1, 0.15) is 5.15 Å². The van der Waals surface area contributed by atoms with Crippen LogP contribution in [-0.4, -0.2) is 10.2 Å². The Morgan fingerprint density at radius 2 is 2.00 bits per heavy atom. The monoisotopic (exact) mass is 259 g/mol. The smallest absolute Gasteiger partial charge is 0.266 e. The van der Waals surface area contributed by atoms with E-state index < -0.39 is 27.8 Å². The molecule has 1 aromatic rings. The molecule has 0 aliphatic rings. The number of hydrogen-bond acceptors (Lipinski definition) is 2. The van der Waals surface area contributed by atoms with E-state index in [4.69, 9.17) is 34.8 Å². The number of alkyl halides is 2. The number of carbonyl (C=O) groups excluding carboxylic acids is 1. The lowest BCUT2D eigenvalue weighted by molar-refractivity contribution is 0.106. The molecule has 0 aliphatic carbocycles. The molecule has 0 saturated heterocycles. The Hall–Kier alpha value is -0.450. The van der Waals surface area contributed by atoms with Crippen LogP contribution in [0.4, 0.5) is 8.78 Å². The second-order valence-corrected chi connectivity index (χ2v) is 3.34. The molecule has 0 atom stereocenters. The largest absolute Gasteiger partial charge is 0.276 e. The molecular formula is C7H2Cl3F2NO. The first-order valence-corrected chi connectivity index (χ1v) is 4.40. The molecule has 0 amide bonds. The van der Waals surface area contributed by atoms with Crippen molar-refractivity contribution in [1.82, 2.24) is 4.98 Å². The SMILES string of the molecule is O=C(Cl)c1cnc(Cl)c(Cl)c1C(F)F. The Morgan fingerprint density at radius 3 is 2.43 bits per heavy atom. The van der Waals surface area contributed by atoms with Crippen LogP contribution in [0.15, 0.2) is 6.20 Å². The summed E-state index contributed by atoms with van der Waals surface area (Å²) in [6, 6.07) is 0. The highest BCUT2D eigenvalue weighted by Crippen LogP contribution is 2.34.